The Morgan fingerprint density at radius 1 is 1.18 bits per heavy atom. The van der Waals surface area contributed by atoms with Gasteiger partial charge in [-0.25, -0.2) is 0 Å². The number of rotatable bonds is 1. The standard InChI is InChI=1S/C11H14/c1-8-3-6-11(9(2)7-8)10-4-5-10/h3,6-7,10H,4-5H2,1-2H3. The molecule has 0 spiro atoms. The van der Waals surface area contributed by atoms with Crippen LogP contribution in [0.1, 0.15) is 35.4 Å². The number of benzene rings is 1. The lowest BCUT2D eigenvalue weighted by atomic mass is 10.0. The van der Waals surface area contributed by atoms with Crippen LogP contribution in [-0.2, 0) is 0 Å². The van der Waals surface area contributed by atoms with Gasteiger partial charge in [-0.2, -0.15) is 0 Å². The highest BCUT2D eigenvalue weighted by Crippen LogP contribution is 2.41. The molecule has 11 heavy (non-hydrogen) atoms. The Bertz CT molecular complexity index is 269. The molecular formula is C11H14. The van der Waals surface area contributed by atoms with Crippen molar-refractivity contribution in [2.24, 2.45) is 0 Å². The average Bonchev–Trinajstić information content (AvgIpc) is 2.70. The quantitative estimate of drug-likeness (QED) is 0.570. The Balaban J connectivity index is 2.39. The summed E-state index contributed by atoms with van der Waals surface area (Å²) in [4.78, 5) is 0. The summed E-state index contributed by atoms with van der Waals surface area (Å²) >= 11 is 0. The summed E-state index contributed by atoms with van der Waals surface area (Å²) in [6.07, 6.45) is 2.81. The van der Waals surface area contributed by atoms with E-state index in [4.69, 9.17) is 0 Å². The molecule has 0 unspecified atom stereocenters. The van der Waals surface area contributed by atoms with Crippen molar-refractivity contribution in [3.63, 3.8) is 0 Å². The van der Waals surface area contributed by atoms with Crippen molar-refractivity contribution < 1.29 is 0 Å². The SMILES string of the molecule is Cc1ccc(C2CC2)c(C)c1. The zero-order valence-corrected chi connectivity index (χ0v) is 7.22. The first-order valence-electron chi connectivity index (χ1n) is 4.34. The molecule has 0 bridgehead atoms. The van der Waals surface area contributed by atoms with Gasteiger partial charge in [0.15, 0.2) is 0 Å². The second-order valence-electron chi connectivity index (χ2n) is 3.63. The molecule has 1 aromatic carbocycles. The molecule has 0 radical (unpaired) electrons. The number of hydrogen-bond donors (Lipinski definition) is 0. The van der Waals surface area contributed by atoms with Crippen LogP contribution in [-0.4, -0.2) is 0 Å². The Kier molecular flexibility index (Phi) is 1.49. The lowest BCUT2D eigenvalue weighted by Gasteiger charge is -2.03. The zero-order chi connectivity index (χ0) is 7.84. The summed E-state index contributed by atoms with van der Waals surface area (Å²) in [5, 5.41) is 0. The maximum absolute atomic E-state index is 2.29. The molecule has 58 valence electrons. The minimum absolute atomic E-state index is 0.899. The van der Waals surface area contributed by atoms with Gasteiger partial charge in [-0.3, -0.25) is 0 Å². The van der Waals surface area contributed by atoms with Gasteiger partial charge in [-0.05, 0) is 43.7 Å². The first kappa shape index (κ1) is 6.90. The van der Waals surface area contributed by atoms with Crippen molar-refractivity contribution in [2.75, 3.05) is 0 Å². The van der Waals surface area contributed by atoms with Crippen molar-refractivity contribution in [1.29, 1.82) is 0 Å². The lowest BCUT2D eigenvalue weighted by molar-refractivity contribution is 1.09. The van der Waals surface area contributed by atoms with E-state index in [9.17, 15) is 0 Å². The van der Waals surface area contributed by atoms with Crippen LogP contribution in [0.25, 0.3) is 0 Å². The minimum Gasteiger partial charge on any atom is -0.0590 e. The largest absolute Gasteiger partial charge is 0.0590 e. The van der Waals surface area contributed by atoms with Gasteiger partial charge in [-0.1, -0.05) is 23.8 Å². The zero-order valence-electron chi connectivity index (χ0n) is 7.22. The van der Waals surface area contributed by atoms with Crippen LogP contribution in [0.5, 0.6) is 0 Å². The fourth-order valence-electron chi connectivity index (χ4n) is 1.68. The lowest BCUT2D eigenvalue weighted by Crippen LogP contribution is -1.85. The Morgan fingerprint density at radius 2 is 1.91 bits per heavy atom. The third-order valence-electron chi connectivity index (χ3n) is 2.44. The maximum Gasteiger partial charge on any atom is -0.0159 e. The molecule has 1 aliphatic rings. The van der Waals surface area contributed by atoms with Gasteiger partial charge in [0.25, 0.3) is 0 Å². The van der Waals surface area contributed by atoms with Crippen LogP contribution < -0.4 is 0 Å². The molecule has 1 fully saturated rings. The summed E-state index contributed by atoms with van der Waals surface area (Å²) in [6.45, 7) is 4.38. The Hall–Kier alpha value is -0.780. The molecule has 1 aromatic rings. The number of hydrogen-bond acceptors (Lipinski definition) is 0. The molecule has 0 aliphatic heterocycles. The summed E-state index contributed by atoms with van der Waals surface area (Å²) in [5.74, 6) is 0.899. The molecule has 0 heterocycles. The summed E-state index contributed by atoms with van der Waals surface area (Å²) < 4.78 is 0. The fraction of sp³-hybridized carbons (Fsp3) is 0.455. The van der Waals surface area contributed by atoms with Crippen molar-refractivity contribution in [3.05, 3.63) is 34.9 Å². The first-order chi connectivity index (χ1) is 5.27. The smallest absolute Gasteiger partial charge is 0.0159 e. The second-order valence-corrected chi connectivity index (χ2v) is 3.63. The Morgan fingerprint density at radius 3 is 2.45 bits per heavy atom. The van der Waals surface area contributed by atoms with Gasteiger partial charge < -0.3 is 0 Å². The predicted molar refractivity (Wildman–Crippen MR) is 47.9 cm³/mol. The van der Waals surface area contributed by atoms with Crippen LogP contribution in [0.2, 0.25) is 0 Å². The third-order valence-corrected chi connectivity index (χ3v) is 2.44. The molecule has 2 rings (SSSR count). The molecule has 1 saturated carbocycles. The molecule has 1 aliphatic carbocycles. The van der Waals surface area contributed by atoms with Crippen LogP contribution in [0, 0.1) is 13.8 Å². The topological polar surface area (TPSA) is 0 Å². The van der Waals surface area contributed by atoms with Gasteiger partial charge in [0.2, 0.25) is 0 Å². The molecule has 0 N–H and O–H groups in total. The van der Waals surface area contributed by atoms with E-state index in [2.05, 4.69) is 32.0 Å². The van der Waals surface area contributed by atoms with E-state index in [1.807, 2.05) is 0 Å². The van der Waals surface area contributed by atoms with Crippen molar-refractivity contribution in [3.8, 4) is 0 Å². The predicted octanol–water partition coefficient (Wildman–Crippen LogP) is 3.18. The molecular weight excluding hydrogens is 132 g/mol. The van der Waals surface area contributed by atoms with Crippen molar-refractivity contribution in [2.45, 2.75) is 32.6 Å². The monoisotopic (exact) mass is 146 g/mol. The van der Waals surface area contributed by atoms with E-state index < -0.39 is 0 Å². The van der Waals surface area contributed by atoms with Crippen LogP contribution in [0.15, 0.2) is 18.2 Å². The van der Waals surface area contributed by atoms with Gasteiger partial charge in [-0.15, -0.1) is 0 Å². The summed E-state index contributed by atoms with van der Waals surface area (Å²) in [7, 11) is 0. The van der Waals surface area contributed by atoms with E-state index in [-0.39, 0.29) is 0 Å². The second kappa shape index (κ2) is 2.37. The van der Waals surface area contributed by atoms with Gasteiger partial charge >= 0.3 is 0 Å². The highest BCUT2D eigenvalue weighted by atomic mass is 14.3. The highest BCUT2D eigenvalue weighted by Gasteiger charge is 2.24. The van der Waals surface area contributed by atoms with Crippen LogP contribution >= 0.6 is 0 Å². The normalized spacial score (nSPS) is 16.9. The van der Waals surface area contributed by atoms with Gasteiger partial charge in [0.05, 0.1) is 0 Å². The molecule has 0 nitrogen and oxygen atoms in total. The molecule has 0 amide bonds. The summed E-state index contributed by atoms with van der Waals surface area (Å²) in [5.41, 5.74) is 4.44. The van der Waals surface area contributed by atoms with E-state index in [1.165, 1.54) is 24.0 Å². The average molecular weight is 146 g/mol. The van der Waals surface area contributed by atoms with E-state index in [0.717, 1.165) is 5.92 Å². The maximum atomic E-state index is 2.29. The van der Waals surface area contributed by atoms with Crippen LogP contribution in [0.3, 0.4) is 0 Å². The molecule has 0 heteroatoms. The Labute approximate surface area is 68.3 Å². The van der Waals surface area contributed by atoms with Crippen molar-refractivity contribution >= 4 is 0 Å². The van der Waals surface area contributed by atoms with E-state index in [1.54, 1.807) is 5.56 Å². The van der Waals surface area contributed by atoms with E-state index >= 15 is 0 Å². The molecule has 0 atom stereocenters. The van der Waals surface area contributed by atoms with Crippen LogP contribution in [0.4, 0.5) is 0 Å². The van der Waals surface area contributed by atoms with Gasteiger partial charge in [0.1, 0.15) is 0 Å². The van der Waals surface area contributed by atoms with E-state index in [0.29, 0.717) is 0 Å². The highest BCUT2D eigenvalue weighted by molar-refractivity contribution is 5.35. The third kappa shape index (κ3) is 1.30. The molecule has 0 aromatic heterocycles. The van der Waals surface area contributed by atoms with Crippen molar-refractivity contribution in [1.82, 2.24) is 0 Å². The van der Waals surface area contributed by atoms with Gasteiger partial charge in [0, 0.05) is 0 Å². The summed E-state index contributed by atoms with van der Waals surface area (Å²) in [6, 6.07) is 6.80. The first-order valence-corrected chi connectivity index (χ1v) is 4.34. The number of aryl methyl sites for hydroxylation is 2. The fourth-order valence-corrected chi connectivity index (χ4v) is 1.68. The minimum atomic E-state index is 0.899. The molecule has 0 saturated heterocycles.